The van der Waals surface area contributed by atoms with Gasteiger partial charge in [0.15, 0.2) is 0 Å². The summed E-state index contributed by atoms with van der Waals surface area (Å²) in [4.78, 5) is 13.8. The predicted molar refractivity (Wildman–Crippen MR) is 86.1 cm³/mol. The molecule has 1 unspecified atom stereocenters. The molecular formula is C17H23F3N2O3. The molecule has 1 fully saturated rings. The van der Waals surface area contributed by atoms with E-state index in [0.717, 1.165) is 19.5 Å². The van der Waals surface area contributed by atoms with Gasteiger partial charge < -0.3 is 19.7 Å². The maximum atomic E-state index is 12.5. The fourth-order valence-electron chi connectivity index (χ4n) is 2.92. The monoisotopic (exact) mass is 360 g/mol. The lowest BCUT2D eigenvalue weighted by atomic mass is 10.1. The number of alkyl halides is 3. The lowest BCUT2D eigenvalue weighted by molar-refractivity contribution is -0.275. The summed E-state index contributed by atoms with van der Waals surface area (Å²) in [7, 11) is 1.62. The van der Waals surface area contributed by atoms with Crippen molar-refractivity contribution in [3.05, 3.63) is 29.8 Å². The zero-order valence-corrected chi connectivity index (χ0v) is 14.1. The molecule has 0 bridgehead atoms. The Labute approximate surface area is 145 Å². The third kappa shape index (κ3) is 6.21. The zero-order valence-electron chi connectivity index (χ0n) is 14.1. The van der Waals surface area contributed by atoms with Crippen LogP contribution >= 0.6 is 0 Å². The van der Waals surface area contributed by atoms with E-state index in [9.17, 15) is 18.0 Å². The highest BCUT2D eigenvalue weighted by Crippen LogP contribution is 2.30. The molecule has 8 heteroatoms. The predicted octanol–water partition coefficient (Wildman–Crippen LogP) is 2.70. The number of carbonyl (C=O) groups is 1. The number of nitrogens with zero attached hydrogens (tertiary/aromatic N) is 1. The summed E-state index contributed by atoms with van der Waals surface area (Å²) in [5, 5.41) is 3.22. The van der Waals surface area contributed by atoms with Gasteiger partial charge in [0.25, 0.3) is 0 Å². The van der Waals surface area contributed by atoms with Gasteiger partial charge in [-0.3, -0.25) is 4.79 Å². The first-order valence-corrected chi connectivity index (χ1v) is 8.23. The van der Waals surface area contributed by atoms with E-state index in [2.05, 4.69) is 10.1 Å². The number of rotatable bonds is 9. The van der Waals surface area contributed by atoms with Crippen LogP contribution in [0, 0.1) is 0 Å². The van der Waals surface area contributed by atoms with Crippen LogP contribution in [-0.2, 0) is 16.1 Å². The van der Waals surface area contributed by atoms with Crippen LogP contribution in [0.15, 0.2) is 24.3 Å². The molecule has 1 aromatic carbocycles. The Morgan fingerprint density at radius 2 is 2.04 bits per heavy atom. The van der Waals surface area contributed by atoms with E-state index >= 15 is 0 Å². The smallest absolute Gasteiger partial charge is 0.405 e. The van der Waals surface area contributed by atoms with Crippen LogP contribution in [-0.4, -0.2) is 50.0 Å². The number of nitrogens with one attached hydrogen (secondary N) is 1. The van der Waals surface area contributed by atoms with Crippen molar-refractivity contribution in [2.45, 2.75) is 38.2 Å². The Bertz CT molecular complexity index is 566. The van der Waals surface area contributed by atoms with Gasteiger partial charge in [-0.15, -0.1) is 13.2 Å². The molecule has 2 rings (SSSR count). The quantitative estimate of drug-likeness (QED) is 0.688. The molecule has 1 amide bonds. The van der Waals surface area contributed by atoms with Gasteiger partial charge in [-0.25, -0.2) is 0 Å². The fraction of sp³-hybridized carbons (Fsp3) is 0.588. The molecule has 0 saturated carbocycles. The molecule has 1 N–H and O–H groups in total. The van der Waals surface area contributed by atoms with E-state index in [0.29, 0.717) is 25.0 Å². The molecular weight excluding hydrogens is 337 g/mol. The molecule has 0 spiro atoms. The van der Waals surface area contributed by atoms with Crippen molar-refractivity contribution >= 4 is 5.91 Å². The Kier molecular flexibility index (Phi) is 7.07. The van der Waals surface area contributed by atoms with Gasteiger partial charge in [-0.05, 0) is 25.5 Å². The summed E-state index contributed by atoms with van der Waals surface area (Å²) in [5.74, 6) is -0.296. The second kappa shape index (κ2) is 9.05. The van der Waals surface area contributed by atoms with Gasteiger partial charge >= 0.3 is 6.36 Å². The van der Waals surface area contributed by atoms with Gasteiger partial charge in [0, 0.05) is 38.2 Å². The molecule has 1 aromatic rings. The van der Waals surface area contributed by atoms with E-state index in [1.54, 1.807) is 24.1 Å². The summed E-state index contributed by atoms with van der Waals surface area (Å²) >= 11 is 0. The standard InChI is InChI=1S/C17H23F3N2O3/c1-24-11-10-21-9-8-14-6-7-16(23)22(14)12-13-4-2-3-5-15(13)25-17(18,19)20/h2-5,14,21H,6-12H2,1H3. The van der Waals surface area contributed by atoms with Gasteiger partial charge in [0.1, 0.15) is 5.75 Å². The first-order chi connectivity index (χ1) is 11.9. The third-order valence-corrected chi connectivity index (χ3v) is 4.13. The van der Waals surface area contributed by atoms with Crippen LogP contribution < -0.4 is 10.1 Å². The molecule has 0 aliphatic carbocycles. The number of amides is 1. The lowest BCUT2D eigenvalue weighted by Gasteiger charge is -2.26. The van der Waals surface area contributed by atoms with Crippen LogP contribution in [0.4, 0.5) is 13.2 Å². The Hall–Kier alpha value is -1.80. The largest absolute Gasteiger partial charge is 0.573 e. The molecule has 1 aliphatic heterocycles. The Balaban J connectivity index is 1.98. The highest BCUT2D eigenvalue weighted by Gasteiger charge is 2.34. The maximum absolute atomic E-state index is 12.5. The topological polar surface area (TPSA) is 50.8 Å². The van der Waals surface area contributed by atoms with Crippen molar-refractivity contribution < 1.29 is 27.4 Å². The zero-order chi connectivity index (χ0) is 18.3. The van der Waals surface area contributed by atoms with E-state index < -0.39 is 6.36 Å². The SMILES string of the molecule is COCCNCCC1CCC(=O)N1Cc1ccccc1OC(F)(F)F. The molecule has 140 valence electrons. The maximum Gasteiger partial charge on any atom is 0.573 e. The van der Waals surface area contributed by atoms with Crippen LogP contribution in [0.25, 0.3) is 0 Å². The summed E-state index contributed by atoms with van der Waals surface area (Å²) in [6.07, 6.45) is -2.87. The summed E-state index contributed by atoms with van der Waals surface area (Å²) in [5.41, 5.74) is 0.354. The Morgan fingerprint density at radius 1 is 1.28 bits per heavy atom. The first-order valence-electron chi connectivity index (χ1n) is 8.23. The number of likely N-dealkylation sites (tertiary alicyclic amines) is 1. The summed E-state index contributed by atoms with van der Waals surface area (Å²) < 4.78 is 46.6. The van der Waals surface area contributed by atoms with Crippen molar-refractivity contribution in [1.29, 1.82) is 0 Å². The van der Waals surface area contributed by atoms with Crippen LogP contribution in [0.3, 0.4) is 0 Å². The average molecular weight is 360 g/mol. The van der Waals surface area contributed by atoms with Gasteiger partial charge in [-0.2, -0.15) is 0 Å². The van der Waals surface area contributed by atoms with E-state index in [4.69, 9.17) is 4.74 Å². The average Bonchev–Trinajstić information content (AvgIpc) is 2.88. The summed E-state index contributed by atoms with van der Waals surface area (Å²) in [6.45, 7) is 2.17. The number of methoxy groups -OCH3 is 1. The van der Waals surface area contributed by atoms with E-state index in [-0.39, 0.29) is 24.2 Å². The van der Waals surface area contributed by atoms with Crippen molar-refractivity contribution in [1.82, 2.24) is 10.2 Å². The van der Waals surface area contributed by atoms with Gasteiger partial charge in [0.05, 0.1) is 6.61 Å². The second-order valence-electron chi connectivity index (χ2n) is 5.90. The van der Waals surface area contributed by atoms with Crippen molar-refractivity contribution in [3.63, 3.8) is 0 Å². The second-order valence-corrected chi connectivity index (χ2v) is 5.90. The number of para-hydroxylation sites is 1. The van der Waals surface area contributed by atoms with Gasteiger partial charge in [-0.1, -0.05) is 18.2 Å². The molecule has 1 aliphatic rings. The normalized spacial score (nSPS) is 18.0. The minimum atomic E-state index is -4.75. The number of hydrogen-bond acceptors (Lipinski definition) is 4. The minimum absolute atomic E-state index is 0.0153. The Morgan fingerprint density at radius 3 is 2.76 bits per heavy atom. The summed E-state index contributed by atoms with van der Waals surface area (Å²) in [6, 6.07) is 5.96. The van der Waals surface area contributed by atoms with Crippen molar-refractivity contribution in [2.24, 2.45) is 0 Å². The third-order valence-electron chi connectivity index (χ3n) is 4.13. The van der Waals surface area contributed by atoms with Gasteiger partial charge in [0.2, 0.25) is 5.91 Å². The van der Waals surface area contributed by atoms with Crippen molar-refractivity contribution in [2.75, 3.05) is 26.8 Å². The molecule has 0 aromatic heterocycles. The highest BCUT2D eigenvalue weighted by atomic mass is 19.4. The number of ether oxygens (including phenoxy) is 2. The highest BCUT2D eigenvalue weighted by molar-refractivity contribution is 5.78. The van der Waals surface area contributed by atoms with Crippen LogP contribution in [0.5, 0.6) is 5.75 Å². The lowest BCUT2D eigenvalue weighted by Crippen LogP contribution is -2.35. The van der Waals surface area contributed by atoms with Crippen molar-refractivity contribution in [3.8, 4) is 5.75 Å². The fourth-order valence-corrected chi connectivity index (χ4v) is 2.92. The van der Waals surface area contributed by atoms with E-state index in [1.807, 2.05) is 0 Å². The van der Waals surface area contributed by atoms with Crippen LogP contribution in [0.2, 0.25) is 0 Å². The molecule has 1 heterocycles. The number of hydrogen-bond donors (Lipinski definition) is 1. The number of benzene rings is 1. The minimum Gasteiger partial charge on any atom is -0.405 e. The molecule has 25 heavy (non-hydrogen) atoms. The number of halogens is 3. The molecule has 1 atom stereocenters. The molecule has 0 radical (unpaired) electrons. The first kappa shape index (κ1) is 19.5. The number of carbonyl (C=O) groups excluding carboxylic acids is 1. The van der Waals surface area contributed by atoms with E-state index in [1.165, 1.54) is 12.1 Å². The molecule has 1 saturated heterocycles. The molecule has 5 nitrogen and oxygen atoms in total. The van der Waals surface area contributed by atoms with Crippen LogP contribution in [0.1, 0.15) is 24.8 Å².